The quantitative estimate of drug-likeness (QED) is 0.0146. The van der Waals surface area contributed by atoms with Gasteiger partial charge in [0.2, 0.25) is 0 Å². The van der Waals surface area contributed by atoms with Crippen LogP contribution in [-0.4, -0.2) is 95.9 Å². The van der Waals surface area contributed by atoms with Crippen molar-refractivity contribution in [2.45, 2.75) is 283 Å². The summed E-state index contributed by atoms with van der Waals surface area (Å²) in [7, 11) is -9.80. The van der Waals surface area contributed by atoms with Gasteiger partial charge in [0.05, 0.1) is 26.4 Å². The minimum Gasteiger partial charge on any atom is -0.463 e. The zero-order valence-corrected chi connectivity index (χ0v) is 59.4. The van der Waals surface area contributed by atoms with E-state index in [2.05, 4.69) is 154 Å². The highest BCUT2D eigenvalue weighted by atomic mass is 31.2. The molecule has 0 saturated carbocycles. The number of aliphatic hydroxyl groups is 2. The molecule has 18 heteroatoms. The fourth-order valence-electron chi connectivity index (χ4n) is 8.97. The lowest BCUT2D eigenvalue weighted by molar-refractivity contribution is -0.161. The van der Waals surface area contributed by atoms with E-state index in [0.717, 1.165) is 161 Å². The number of phosphoric ester groups is 2. The molecule has 0 heterocycles. The monoisotopic (exact) mass is 1340 g/mol. The molecule has 0 saturated heterocycles. The number of phosphoric acid groups is 2. The average molecular weight is 1350 g/mol. The zero-order chi connectivity index (χ0) is 68.1. The van der Waals surface area contributed by atoms with Gasteiger partial charge in [0.1, 0.15) is 25.4 Å². The van der Waals surface area contributed by atoms with E-state index < -0.39 is 91.5 Å². The van der Waals surface area contributed by atoms with E-state index in [4.69, 9.17) is 32.3 Å². The van der Waals surface area contributed by atoms with Gasteiger partial charge in [0.25, 0.3) is 0 Å². The lowest BCUT2D eigenvalue weighted by Crippen LogP contribution is -2.30. The second-order valence-electron chi connectivity index (χ2n) is 23.3. The first-order chi connectivity index (χ1) is 45.2. The SMILES string of the molecule is CC/C=C\C/C=C\C/C=C\C/C=C\C/C=C\CCCCCCCCCCCC(=O)OCC(O)COP(=O)(O)OCC(O)COP(=O)(O)OCC(COC(=O)CCCCCC/C=C\C/C=C\C/C=C\C/C=C\CC)OC(=O)CCCCCCC/C=C\C/C=C\CCCCC. The van der Waals surface area contributed by atoms with Crippen LogP contribution in [0.1, 0.15) is 265 Å². The number of unbranched alkanes of at least 4 members (excludes halogenated alkanes) is 21. The fraction of sp³-hybridized carbons (Fsp3) is 0.667. The standard InChI is InChI=1S/C75H126O16P2/c1-4-7-10-13-16-19-22-25-28-30-31-32-33-34-35-36-37-39-42-43-46-49-52-55-58-61-73(78)85-64-70(76)65-87-92(81,82)88-66-71(77)67-89-93(83,84)90-69-72(91-75(80)63-60-57-54-51-48-45-40-27-24-21-18-15-12-9-6-3)68-86-74(79)62-59-56-53-50-47-44-41-38-29-26-23-20-17-14-11-8-5-2/h7-8,10-11,16-21,25-29,31-32,34-35,40-41,44,70-72,76-77H,4-6,9,12-15,22-24,30,33,36-39,42-43,45-69H2,1-3H3,(H,81,82)(H,83,84)/b10-7-,11-8-,19-16-,20-17-,21-18-,28-25-,29-26-,32-31-,35-34-,40-27-,44-41-. The Bertz CT molecular complexity index is 2230. The summed E-state index contributed by atoms with van der Waals surface area (Å²) < 4.78 is 60.9. The van der Waals surface area contributed by atoms with Crippen LogP contribution in [-0.2, 0) is 55.8 Å². The summed E-state index contributed by atoms with van der Waals surface area (Å²) in [5.41, 5.74) is 0. The maximum Gasteiger partial charge on any atom is 0.472 e. The molecular weight excluding hydrogens is 1220 g/mol. The van der Waals surface area contributed by atoms with Gasteiger partial charge in [0, 0.05) is 19.3 Å². The van der Waals surface area contributed by atoms with Gasteiger partial charge in [-0.25, -0.2) is 9.13 Å². The van der Waals surface area contributed by atoms with Gasteiger partial charge in [-0.1, -0.05) is 244 Å². The van der Waals surface area contributed by atoms with E-state index in [0.29, 0.717) is 19.3 Å². The third kappa shape index (κ3) is 68.9. The molecular formula is C75H126O16P2. The second kappa shape index (κ2) is 67.7. The molecule has 532 valence electrons. The minimum absolute atomic E-state index is 0.0796. The Hall–Kier alpha value is -4.31. The van der Waals surface area contributed by atoms with Crippen molar-refractivity contribution in [2.75, 3.05) is 39.6 Å². The molecule has 5 unspecified atom stereocenters. The van der Waals surface area contributed by atoms with E-state index >= 15 is 0 Å². The van der Waals surface area contributed by atoms with Crippen LogP contribution in [0.25, 0.3) is 0 Å². The van der Waals surface area contributed by atoms with Gasteiger partial charge in [-0.2, -0.15) is 0 Å². The number of hydrogen-bond acceptors (Lipinski definition) is 14. The molecule has 0 aromatic rings. The highest BCUT2D eigenvalue weighted by molar-refractivity contribution is 7.47. The van der Waals surface area contributed by atoms with Gasteiger partial charge >= 0.3 is 33.6 Å². The van der Waals surface area contributed by atoms with Crippen LogP contribution >= 0.6 is 15.6 Å². The number of carbonyl (C=O) groups is 3. The molecule has 0 bridgehead atoms. The molecule has 16 nitrogen and oxygen atoms in total. The van der Waals surface area contributed by atoms with Gasteiger partial charge < -0.3 is 34.2 Å². The van der Waals surface area contributed by atoms with E-state index in [9.17, 15) is 43.5 Å². The number of hydrogen-bond donors (Lipinski definition) is 4. The summed E-state index contributed by atoms with van der Waals surface area (Å²) in [4.78, 5) is 58.4. The van der Waals surface area contributed by atoms with Crippen LogP contribution in [0.15, 0.2) is 134 Å². The third-order valence-corrected chi connectivity index (χ3v) is 16.2. The normalized spacial score (nSPS) is 15.0. The van der Waals surface area contributed by atoms with Crippen molar-refractivity contribution in [2.24, 2.45) is 0 Å². The second-order valence-corrected chi connectivity index (χ2v) is 26.2. The Kier molecular flexibility index (Phi) is 64.5. The van der Waals surface area contributed by atoms with Crippen molar-refractivity contribution in [3.05, 3.63) is 134 Å². The van der Waals surface area contributed by atoms with Crippen LogP contribution in [0, 0.1) is 0 Å². The highest BCUT2D eigenvalue weighted by Crippen LogP contribution is 2.45. The molecule has 0 aromatic carbocycles. The van der Waals surface area contributed by atoms with Crippen molar-refractivity contribution >= 4 is 33.6 Å². The predicted octanol–water partition coefficient (Wildman–Crippen LogP) is 20.0. The first-order valence-corrected chi connectivity index (χ1v) is 38.5. The van der Waals surface area contributed by atoms with E-state index in [1.165, 1.54) is 44.9 Å². The largest absolute Gasteiger partial charge is 0.472 e. The summed E-state index contributed by atoms with van der Waals surface area (Å²) in [6.45, 7) is 2.35. The molecule has 0 amide bonds. The first-order valence-electron chi connectivity index (χ1n) is 35.5. The summed E-state index contributed by atoms with van der Waals surface area (Å²) in [6.07, 6.45) is 79.3. The highest BCUT2D eigenvalue weighted by Gasteiger charge is 2.29. The zero-order valence-electron chi connectivity index (χ0n) is 57.6. The number of carbonyl (C=O) groups excluding carboxylic acids is 3. The number of aliphatic hydroxyl groups excluding tert-OH is 2. The van der Waals surface area contributed by atoms with E-state index in [1.54, 1.807) is 0 Å². The van der Waals surface area contributed by atoms with Gasteiger partial charge in [-0.3, -0.25) is 32.5 Å². The fourth-order valence-corrected chi connectivity index (χ4v) is 10.6. The lowest BCUT2D eigenvalue weighted by atomic mass is 10.1. The molecule has 0 spiro atoms. The van der Waals surface area contributed by atoms with Crippen molar-refractivity contribution in [1.29, 1.82) is 0 Å². The topological polar surface area (TPSA) is 231 Å². The van der Waals surface area contributed by atoms with Crippen molar-refractivity contribution in [3.8, 4) is 0 Å². The van der Waals surface area contributed by atoms with Crippen LogP contribution < -0.4 is 0 Å². The lowest BCUT2D eigenvalue weighted by Gasteiger charge is -2.21. The predicted molar refractivity (Wildman–Crippen MR) is 380 cm³/mol. The van der Waals surface area contributed by atoms with E-state index in [1.807, 2.05) is 0 Å². The molecule has 0 aliphatic carbocycles. The molecule has 4 N–H and O–H groups in total. The maximum absolute atomic E-state index is 12.9. The summed E-state index contributed by atoms with van der Waals surface area (Å²) >= 11 is 0. The van der Waals surface area contributed by atoms with E-state index in [-0.39, 0.29) is 19.3 Å². The molecule has 93 heavy (non-hydrogen) atoms. The third-order valence-electron chi connectivity index (χ3n) is 14.3. The minimum atomic E-state index is -4.94. The number of allylic oxidation sites excluding steroid dienone is 22. The first kappa shape index (κ1) is 88.7. The Balaban J connectivity index is 4.62. The van der Waals surface area contributed by atoms with Crippen LogP contribution in [0.4, 0.5) is 0 Å². The Labute approximate surface area is 563 Å². The smallest absolute Gasteiger partial charge is 0.463 e. The number of ether oxygens (including phenoxy) is 3. The van der Waals surface area contributed by atoms with Crippen LogP contribution in [0.5, 0.6) is 0 Å². The molecule has 0 aliphatic heterocycles. The molecule has 0 radical (unpaired) electrons. The summed E-state index contributed by atoms with van der Waals surface area (Å²) in [5.74, 6) is -1.63. The van der Waals surface area contributed by atoms with Gasteiger partial charge in [0.15, 0.2) is 6.10 Å². The Morgan fingerprint density at radius 2 is 0.570 bits per heavy atom. The molecule has 0 rings (SSSR count). The van der Waals surface area contributed by atoms with Crippen molar-refractivity contribution < 1.29 is 75.8 Å². The maximum atomic E-state index is 12.9. The molecule has 0 aliphatic rings. The van der Waals surface area contributed by atoms with Crippen molar-refractivity contribution in [1.82, 2.24) is 0 Å². The Morgan fingerprint density at radius 1 is 0.312 bits per heavy atom. The number of rotatable bonds is 66. The Morgan fingerprint density at radius 3 is 0.903 bits per heavy atom. The van der Waals surface area contributed by atoms with Gasteiger partial charge in [-0.15, -0.1) is 0 Å². The molecule has 5 atom stereocenters. The summed E-state index contributed by atoms with van der Waals surface area (Å²) in [5, 5.41) is 20.6. The molecule has 0 fully saturated rings. The van der Waals surface area contributed by atoms with Crippen LogP contribution in [0.3, 0.4) is 0 Å². The average Bonchev–Trinajstić information content (AvgIpc) is 2.84. The summed E-state index contributed by atoms with van der Waals surface area (Å²) in [6, 6.07) is 0. The number of esters is 3. The van der Waals surface area contributed by atoms with Crippen LogP contribution in [0.2, 0.25) is 0 Å². The molecule has 0 aromatic heterocycles. The van der Waals surface area contributed by atoms with Crippen molar-refractivity contribution in [3.63, 3.8) is 0 Å². The van der Waals surface area contributed by atoms with Gasteiger partial charge in [-0.05, 0) is 135 Å².